The van der Waals surface area contributed by atoms with E-state index < -0.39 is 6.10 Å². The van der Waals surface area contributed by atoms with Crippen LogP contribution in [0.25, 0.3) is 0 Å². The molecule has 21 heavy (non-hydrogen) atoms. The van der Waals surface area contributed by atoms with Crippen molar-refractivity contribution in [3.05, 3.63) is 58.7 Å². The first kappa shape index (κ1) is 13.5. The zero-order valence-corrected chi connectivity index (χ0v) is 11.7. The van der Waals surface area contributed by atoms with E-state index in [1.807, 2.05) is 31.2 Å². The van der Waals surface area contributed by atoms with Crippen molar-refractivity contribution < 1.29 is 14.6 Å². The first-order chi connectivity index (χ1) is 10.2. The Morgan fingerprint density at radius 3 is 2.95 bits per heavy atom. The largest absolute Gasteiger partial charge is 0.490 e. The number of aryl methyl sites for hydroxylation is 1. The van der Waals surface area contributed by atoms with Gasteiger partial charge in [-0.15, -0.1) is 0 Å². The minimum absolute atomic E-state index is 0.299. The van der Waals surface area contributed by atoms with Gasteiger partial charge in [0, 0.05) is 11.6 Å². The zero-order valence-electron chi connectivity index (χ0n) is 11.7. The molecule has 0 saturated heterocycles. The van der Waals surface area contributed by atoms with Crippen LogP contribution in [0, 0.1) is 18.3 Å². The van der Waals surface area contributed by atoms with Crippen LogP contribution < -0.4 is 9.47 Å². The van der Waals surface area contributed by atoms with E-state index in [0.717, 1.165) is 16.7 Å². The van der Waals surface area contributed by atoms with E-state index in [1.165, 1.54) is 0 Å². The molecule has 1 atom stereocenters. The van der Waals surface area contributed by atoms with Crippen LogP contribution in [0.5, 0.6) is 11.5 Å². The summed E-state index contributed by atoms with van der Waals surface area (Å²) in [4.78, 5) is 0. The van der Waals surface area contributed by atoms with Crippen LogP contribution in [0.1, 0.15) is 28.4 Å². The van der Waals surface area contributed by atoms with E-state index in [0.29, 0.717) is 30.3 Å². The molecular formula is C17H15NO3. The van der Waals surface area contributed by atoms with Gasteiger partial charge in [0.1, 0.15) is 30.8 Å². The third-order valence-corrected chi connectivity index (χ3v) is 3.61. The van der Waals surface area contributed by atoms with Crippen molar-refractivity contribution in [2.75, 3.05) is 6.61 Å². The average molecular weight is 281 g/mol. The summed E-state index contributed by atoms with van der Waals surface area (Å²) in [5.74, 6) is 1.38. The Morgan fingerprint density at radius 1 is 1.33 bits per heavy atom. The number of rotatable bonds is 3. The molecule has 0 aromatic heterocycles. The number of hydrogen-bond acceptors (Lipinski definition) is 4. The standard InChI is InChI=1S/C17H15NO3/c1-11-6-12(8-18)2-3-13(11)9-20-14-4-5-15-16(19)10-21-17(15)7-14/h2-7,16,19H,9-10H2,1H3. The highest BCUT2D eigenvalue weighted by Gasteiger charge is 2.22. The van der Waals surface area contributed by atoms with Crippen molar-refractivity contribution in [3.63, 3.8) is 0 Å². The Morgan fingerprint density at radius 2 is 2.19 bits per heavy atom. The molecule has 0 saturated carbocycles. The van der Waals surface area contributed by atoms with Gasteiger partial charge in [-0.3, -0.25) is 0 Å². The minimum atomic E-state index is -0.546. The summed E-state index contributed by atoms with van der Waals surface area (Å²) in [5, 5.41) is 18.5. The molecule has 0 radical (unpaired) electrons. The number of fused-ring (bicyclic) bond motifs is 1. The Bertz CT molecular complexity index is 718. The molecule has 0 amide bonds. The summed E-state index contributed by atoms with van der Waals surface area (Å²) in [5.41, 5.74) is 3.52. The third kappa shape index (κ3) is 2.69. The second-order valence-electron chi connectivity index (χ2n) is 5.07. The van der Waals surface area contributed by atoms with Crippen molar-refractivity contribution >= 4 is 0 Å². The summed E-state index contributed by atoms with van der Waals surface area (Å²) >= 11 is 0. The highest BCUT2D eigenvalue weighted by molar-refractivity contribution is 5.44. The molecule has 0 spiro atoms. The van der Waals surface area contributed by atoms with Crippen LogP contribution in [0.4, 0.5) is 0 Å². The Balaban J connectivity index is 1.72. The lowest BCUT2D eigenvalue weighted by molar-refractivity contribution is 0.140. The van der Waals surface area contributed by atoms with Crippen molar-refractivity contribution in [1.29, 1.82) is 5.26 Å². The first-order valence-corrected chi connectivity index (χ1v) is 6.74. The second kappa shape index (κ2) is 5.47. The Labute approximate surface area is 123 Å². The summed E-state index contributed by atoms with van der Waals surface area (Å²) < 4.78 is 11.2. The lowest BCUT2D eigenvalue weighted by atomic mass is 10.1. The molecule has 2 aromatic rings. The van der Waals surface area contributed by atoms with Crippen LogP contribution in [0.2, 0.25) is 0 Å². The lowest BCUT2D eigenvalue weighted by Crippen LogP contribution is -1.98. The van der Waals surface area contributed by atoms with E-state index in [4.69, 9.17) is 14.7 Å². The van der Waals surface area contributed by atoms with Crippen molar-refractivity contribution in [3.8, 4) is 17.6 Å². The maximum absolute atomic E-state index is 9.67. The zero-order chi connectivity index (χ0) is 14.8. The smallest absolute Gasteiger partial charge is 0.129 e. The highest BCUT2D eigenvalue weighted by atomic mass is 16.5. The highest BCUT2D eigenvalue weighted by Crippen LogP contribution is 2.35. The maximum Gasteiger partial charge on any atom is 0.129 e. The molecule has 1 unspecified atom stereocenters. The van der Waals surface area contributed by atoms with Gasteiger partial charge in [-0.2, -0.15) is 5.26 Å². The minimum Gasteiger partial charge on any atom is -0.490 e. The summed E-state index contributed by atoms with van der Waals surface area (Å²) in [6.07, 6.45) is -0.546. The molecule has 0 aliphatic carbocycles. The van der Waals surface area contributed by atoms with Gasteiger partial charge in [-0.1, -0.05) is 6.07 Å². The van der Waals surface area contributed by atoms with Gasteiger partial charge in [-0.25, -0.2) is 0 Å². The second-order valence-corrected chi connectivity index (χ2v) is 5.07. The normalized spacial score (nSPS) is 16.0. The van der Waals surface area contributed by atoms with Crippen molar-refractivity contribution in [2.45, 2.75) is 19.6 Å². The predicted molar refractivity (Wildman–Crippen MR) is 77.1 cm³/mol. The van der Waals surface area contributed by atoms with Gasteiger partial charge in [-0.05, 0) is 42.3 Å². The molecule has 3 rings (SSSR count). The maximum atomic E-state index is 9.67. The number of aliphatic hydroxyl groups excluding tert-OH is 1. The molecule has 106 valence electrons. The van der Waals surface area contributed by atoms with E-state index >= 15 is 0 Å². The molecule has 1 heterocycles. The average Bonchev–Trinajstić information content (AvgIpc) is 2.87. The van der Waals surface area contributed by atoms with E-state index in [2.05, 4.69) is 6.07 Å². The number of benzene rings is 2. The molecule has 4 heteroatoms. The van der Waals surface area contributed by atoms with Gasteiger partial charge in [0.25, 0.3) is 0 Å². The van der Waals surface area contributed by atoms with Crippen LogP contribution in [0.3, 0.4) is 0 Å². The third-order valence-electron chi connectivity index (χ3n) is 3.61. The summed E-state index contributed by atoms with van der Waals surface area (Å²) in [7, 11) is 0. The Kier molecular flexibility index (Phi) is 3.51. The van der Waals surface area contributed by atoms with E-state index in [1.54, 1.807) is 12.1 Å². The number of nitriles is 1. The number of hydrogen-bond donors (Lipinski definition) is 1. The number of nitrogens with zero attached hydrogens (tertiary/aromatic N) is 1. The number of ether oxygens (including phenoxy) is 2. The van der Waals surface area contributed by atoms with Crippen LogP contribution in [-0.4, -0.2) is 11.7 Å². The monoisotopic (exact) mass is 281 g/mol. The molecular weight excluding hydrogens is 266 g/mol. The molecule has 1 aliphatic rings. The topological polar surface area (TPSA) is 62.5 Å². The van der Waals surface area contributed by atoms with Crippen LogP contribution in [-0.2, 0) is 6.61 Å². The molecule has 0 bridgehead atoms. The molecule has 1 aliphatic heterocycles. The van der Waals surface area contributed by atoms with Gasteiger partial charge in [0.05, 0.1) is 11.6 Å². The first-order valence-electron chi connectivity index (χ1n) is 6.74. The predicted octanol–water partition coefficient (Wildman–Crippen LogP) is 2.87. The van der Waals surface area contributed by atoms with E-state index in [-0.39, 0.29) is 0 Å². The Hall–Kier alpha value is -2.51. The van der Waals surface area contributed by atoms with Crippen LogP contribution in [0.15, 0.2) is 36.4 Å². The number of aliphatic hydroxyl groups is 1. The fraction of sp³-hybridized carbons (Fsp3) is 0.235. The van der Waals surface area contributed by atoms with Gasteiger partial charge in [0.2, 0.25) is 0 Å². The van der Waals surface area contributed by atoms with Gasteiger partial charge < -0.3 is 14.6 Å². The fourth-order valence-corrected chi connectivity index (χ4v) is 2.35. The molecule has 2 aromatic carbocycles. The molecule has 4 nitrogen and oxygen atoms in total. The summed E-state index contributed by atoms with van der Waals surface area (Å²) in [6.45, 7) is 2.69. The lowest BCUT2D eigenvalue weighted by Gasteiger charge is -2.10. The quantitative estimate of drug-likeness (QED) is 0.939. The fourth-order valence-electron chi connectivity index (χ4n) is 2.35. The molecule has 0 fully saturated rings. The van der Waals surface area contributed by atoms with Crippen molar-refractivity contribution in [1.82, 2.24) is 0 Å². The van der Waals surface area contributed by atoms with E-state index in [9.17, 15) is 5.11 Å². The van der Waals surface area contributed by atoms with Crippen LogP contribution >= 0.6 is 0 Å². The molecule has 1 N–H and O–H groups in total. The van der Waals surface area contributed by atoms with Gasteiger partial charge >= 0.3 is 0 Å². The van der Waals surface area contributed by atoms with Gasteiger partial charge in [0.15, 0.2) is 0 Å². The van der Waals surface area contributed by atoms with Crippen molar-refractivity contribution in [2.24, 2.45) is 0 Å². The SMILES string of the molecule is Cc1cc(C#N)ccc1COc1ccc2c(c1)OCC2O. The summed E-state index contributed by atoms with van der Waals surface area (Å²) in [6, 6.07) is 13.1.